The maximum atomic E-state index is 14.0. The summed E-state index contributed by atoms with van der Waals surface area (Å²) in [7, 11) is 3.61. The van der Waals surface area contributed by atoms with Crippen molar-refractivity contribution in [2.45, 2.75) is 38.8 Å². The van der Waals surface area contributed by atoms with E-state index in [0.717, 1.165) is 31.5 Å². The van der Waals surface area contributed by atoms with Crippen molar-refractivity contribution >= 4 is 0 Å². The predicted octanol–water partition coefficient (Wildman–Crippen LogP) is 3.22. The van der Waals surface area contributed by atoms with E-state index in [2.05, 4.69) is 24.1 Å². The Morgan fingerprint density at radius 1 is 1.24 bits per heavy atom. The average molecular weight is 296 g/mol. The summed E-state index contributed by atoms with van der Waals surface area (Å²) >= 11 is 0. The molecular formula is C17H29FN2O. The van der Waals surface area contributed by atoms with E-state index in [1.807, 2.05) is 19.2 Å². The van der Waals surface area contributed by atoms with Gasteiger partial charge in [0, 0.05) is 37.8 Å². The van der Waals surface area contributed by atoms with E-state index in [4.69, 9.17) is 4.74 Å². The number of nitrogens with zero attached hydrogens (tertiary/aromatic N) is 1. The number of nitrogens with one attached hydrogen (secondary N) is 1. The van der Waals surface area contributed by atoms with Gasteiger partial charge in [0.05, 0.1) is 6.61 Å². The number of halogens is 1. The summed E-state index contributed by atoms with van der Waals surface area (Å²) in [6.45, 7) is 6.75. The quantitative estimate of drug-likeness (QED) is 0.717. The monoisotopic (exact) mass is 296 g/mol. The zero-order valence-electron chi connectivity index (χ0n) is 13.7. The number of hydrogen-bond acceptors (Lipinski definition) is 3. The molecule has 0 saturated carbocycles. The number of rotatable bonds is 10. The molecule has 0 fully saturated rings. The molecule has 1 atom stereocenters. The molecule has 0 bridgehead atoms. The third-order valence-corrected chi connectivity index (χ3v) is 4.09. The minimum absolute atomic E-state index is 0.0105. The highest BCUT2D eigenvalue weighted by atomic mass is 19.1. The van der Waals surface area contributed by atoms with Gasteiger partial charge in [-0.1, -0.05) is 32.0 Å². The Morgan fingerprint density at radius 3 is 2.43 bits per heavy atom. The van der Waals surface area contributed by atoms with Gasteiger partial charge in [0.1, 0.15) is 5.82 Å². The van der Waals surface area contributed by atoms with E-state index >= 15 is 0 Å². The predicted molar refractivity (Wildman–Crippen MR) is 86.0 cm³/mol. The number of methoxy groups -OCH3 is 1. The van der Waals surface area contributed by atoms with Crippen LogP contribution in [0.2, 0.25) is 0 Å². The van der Waals surface area contributed by atoms with Crippen LogP contribution >= 0.6 is 0 Å². The molecule has 1 aromatic rings. The van der Waals surface area contributed by atoms with Crippen LogP contribution in [0, 0.1) is 5.82 Å². The molecule has 3 nitrogen and oxygen atoms in total. The summed E-state index contributed by atoms with van der Waals surface area (Å²) in [6.07, 6.45) is 2.18. The molecule has 1 N–H and O–H groups in total. The van der Waals surface area contributed by atoms with Gasteiger partial charge in [-0.25, -0.2) is 4.39 Å². The summed E-state index contributed by atoms with van der Waals surface area (Å²) in [5, 5.41) is 3.25. The highest BCUT2D eigenvalue weighted by Gasteiger charge is 2.21. The zero-order chi connectivity index (χ0) is 15.7. The van der Waals surface area contributed by atoms with Crippen LogP contribution in [0.5, 0.6) is 0 Å². The molecule has 1 rings (SSSR count). The van der Waals surface area contributed by atoms with E-state index in [1.165, 1.54) is 6.07 Å². The molecule has 1 unspecified atom stereocenters. The van der Waals surface area contributed by atoms with Gasteiger partial charge in [0.2, 0.25) is 0 Å². The first-order chi connectivity index (χ1) is 10.2. The molecule has 0 aliphatic rings. The lowest BCUT2D eigenvalue weighted by atomic mass is 10.0. The van der Waals surface area contributed by atoms with Gasteiger partial charge in [-0.15, -0.1) is 0 Å². The van der Waals surface area contributed by atoms with Gasteiger partial charge in [-0.3, -0.25) is 4.90 Å². The van der Waals surface area contributed by atoms with E-state index < -0.39 is 0 Å². The van der Waals surface area contributed by atoms with Crippen LogP contribution < -0.4 is 5.32 Å². The molecule has 0 spiro atoms. The number of hydrogen-bond donors (Lipinski definition) is 1. The second kappa shape index (κ2) is 9.87. The lowest BCUT2D eigenvalue weighted by Crippen LogP contribution is -2.42. The minimum atomic E-state index is -0.145. The first-order valence-electron chi connectivity index (χ1n) is 7.82. The Kier molecular flexibility index (Phi) is 8.50. The molecule has 21 heavy (non-hydrogen) atoms. The van der Waals surface area contributed by atoms with Gasteiger partial charge in [-0.2, -0.15) is 0 Å². The summed E-state index contributed by atoms with van der Waals surface area (Å²) in [5.74, 6) is -0.145. The fourth-order valence-corrected chi connectivity index (χ4v) is 2.77. The lowest BCUT2D eigenvalue weighted by Gasteiger charge is -2.33. The largest absolute Gasteiger partial charge is 0.383 e. The molecule has 0 radical (unpaired) electrons. The molecule has 0 aliphatic heterocycles. The number of likely N-dealkylation sites (N-methyl/N-ethyl adjacent to an activating group) is 1. The average Bonchev–Trinajstić information content (AvgIpc) is 2.51. The van der Waals surface area contributed by atoms with Crippen molar-refractivity contribution in [3.63, 3.8) is 0 Å². The van der Waals surface area contributed by atoms with Crippen molar-refractivity contribution < 1.29 is 9.13 Å². The van der Waals surface area contributed by atoms with Crippen molar-refractivity contribution in [2.75, 3.05) is 33.9 Å². The van der Waals surface area contributed by atoms with Crippen LogP contribution in [0.3, 0.4) is 0 Å². The molecule has 4 heteroatoms. The van der Waals surface area contributed by atoms with Crippen molar-refractivity contribution in [2.24, 2.45) is 0 Å². The molecule has 0 heterocycles. The smallest absolute Gasteiger partial charge is 0.128 e. The van der Waals surface area contributed by atoms with Crippen LogP contribution in [0.1, 0.15) is 38.3 Å². The van der Waals surface area contributed by atoms with Crippen LogP contribution in [-0.4, -0.2) is 44.8 Å². The number of benzene rings is 1. The normalized spacial score (nSPS) is 13.1. The van der Waals surface area contributed by atoms with Crippen LogP contribution in [0.25, 0.3) is 0 Å². The fraction of sp³-hybridized carbons (Fsp3) is 0.647. The highest BCUT2D eigenvalue weighted by Crippen LogP contribution is 2.20. The van der Waals surface area contributed by atoms with Crippen LogP contribution in [0.15, 0.2) is 24.3 Å². The maximum absolute atomic E-state index is 14.0. The van der Waals surface area contributed by atoms with E-state index in [1.54, 1.807) is 13.2 Å². The molecule has 0 saturated heterocycles. The van der Waals surface area contributed by atoms with Crippen molar-refractivity contribution in [1.82, 2.24) is 10.2 Å². The first-order valence-corrected chi connectivity index (χ1v) is 7.82. The van der Waals surface area contributed by atoms with E-state index in [9.17, 15) is 4.39 Å². The second-order valence-electron chi connectivity index (χ2n) is 5.32. The third-order valence-electron chi connectivity index (χ3n) is 4.09. The zero-order valence-corrected chi connectivity index (χ0v) is 13.7. The summed E-state index contributed by atoms with van der Waals surface area (Å²) in [4.78, 5) is 2.40. The second-order valence-corrected chi connectivity index (χ2v) is 5.32. The summed E-state index contributed by atoms with van der Waals surface area (Å²) in [6, 6.07) is 7.49. The molecule has 0 aromatic heterocycles. The first kappa shape index (κ1) is 18.1. The minimum Gasteiger partial charge on any atom is -0.383 e. The van der Waals surface area contributed by atoms with Crippen molar-refractivity contribution in [3.8, 4) is 0 Å². The maximum Gasteiger partial charge on any atom is 0.128 e. The van der Waals surface area contributed by atoms with Crippen LogP contribution in [0.4, 0.5) is 4.39 Å². The van der Waals surface area contributed by atoms with Gasteiger partial charge >= 0.3 is 0 Å². The van der Waals surface area contributed by atoms with E-state index in [-0.39, 0.29) is 11.9 Å². The lowest BCUT2D eigenvalue weighted by molar-refractivity contribution is 0.107. The summed E-state index contributed by atoms with van der Waals surface area (Å²) in [5.41, 5.74) is 0.730. The Bertz CT molecular complexity index is 396. The molecular weight excluding hydrogens is 267 g/mol. The Morgan fingerprint density at radius 2 is 1.90 bits per heavy atom. The van der Waals surface area contributed by atoms with Crippen molar-refractivity contribution in [1.29, 1.82) is 0 Å². The Balaban J connectivity index is 2.85. The highest BCUT2D eigenvalue weighted by molar-refractivity contribution is 5.21. The fourth-order valence-electron chi connectivity index (χ4n) is 2.77. The standard InChI is InChI=1S/C17H29FN2O/c1-5-14(6-2)20(11-12-21-4)13-17(19-3)15-9-7-8-10-16(15)18/h7-10,14,17,19H,5-6,11-13H2,1-4H3. The summed E-state index contributed by atoms with van der Waals surface area (Å²) < 4.78 is 19.2. The molecule has 120 valence electrons. The van der Waals surface area contributed by atoms with Crippen molar-refractivity contribution in [3.05, 3.63) is 35.6 Å². The third kappa shape index (κ3) is 5.38. The molecule has 0 amide bonds. The van der Waals surface area contributed by atoms with Gasteiger partial charge in [0.25, 0.3) is 0 Å². The number of ether oxygens (including phenoxy) is 1. The molecule has 1 aromatic carbocycles. The SMILES string of the molecule is CCC(CC)N(CCOC)CC(NC)c1ccccc1F. The van der Waals surface area contributed by atoms with E-state index in [0.29, 0.717) is 12.6 Å². The molecule has 0 aliphatic carbocycles. The Labute approximate surface area is 128 Å². The van der Waals surface area contributed by atoms with Gasteiger partial charge in [-0.05, 0) is 26.0 Å². The van der Waals surface area contributed by atoms with Gasteiger partial charge in [0.15, 0.2) is 0 Å². The van der Waals surface area contributed by atoms with Gasteiger partial charge < -0.3 is 10.1 Å². The topological polar surface area (TPSA) is 24.5 Å². The van der Waals surface area contributed by atoms with Crippen LogP contribution in [-0.2, 0) is 4.74 Å². The Hall–Kier alpha value is -0.970.